The van der Waals surface area contributed by atoms with Crippen molar-refractivity contribution in [1.29, 1.82) is 0 Å². The molecule has 1 saturated heterocycles. The third-order valence-electron chi connectivity index (χ3n) is 5.44. The minimum atomic E-state index is -0.286. The molecule has 0 spiro atoms. The van der Waals surface area contributed by atoms with Crippen LogP contribution in [0, 0.1) is 5.82 Å². The van der Waals surface area contributed by atoms with Gasteiger partial charge in [-0.1, -0.05) is 12.1 Å². The van der Waals surface area contributed by atoms with Crippen LogP contribution in [0.5, 0.6) is 5.75 Å². The van der Waals surface area contributed by atoms with Crippen molar-refractivity contribution < 1.29 is 23.5 Å². The lowest BCUT2D eigenvalue weighted by molar-refractivity contribution is 0.0195. The summed E-state index contributed by atoms with van der Waals surface area (Å²) in [5.41, 5.74) is 1.73. The van der Waals surface area contributed by atoms with E-state index in [0.717, 1.165) is 24.8 Å². The van der Waals surface area contributed by atoms with E-state index in [2.05, 4.69) is 0 Å². The number of halogens is 1. The maximum Gasteiger partial charge on any atom is 0.261 e. The highest BCUT2D eigenvalue weighted by atomic mass is 19.1. The molecule has 2 atom stereocenters. The van der Waals surface area contributed by atoms with Crippen molar-refractivity contribution in [3.05, 3.63) is 65.0 Å². The quantitative estimate of drug-likeness (QED) is 0.715. The van der Waals surface area contributed by atoms with E-state index in [1.165, 1.54) is 17.0 Å². The first-order chi connectivity index (χ1) is 13.6. The van der Waals surface area contributed by atoms with Gasteiger partial charge in [0.05, 0.1) is 37.0 Å². The molecule has 4 rings (SSSR count). The molecule has 146 valence electrons. The van der Waals surface area contributed by atoms with Gasteiger partial charge in [0.25, 0.3) is 11.8 Å². The number of ether oxygens (including phenoxy) is 2. The van der Waals surface area contributed by atoms with E-state index in [4.69, 9.17) is 9.47 Å². The number of imide groups is 1. The standard InChI is InChI=1S/C22H22FNO4/c1-27-20-11-7-15(23)12-14(20)6-8-16-9-10-17(28-16)13-24-21(25)18-4-2-3-5-19(18)22(24)26/h2-5,7,11-12,16-17H,6,8-10,13H2,1H3/t16-,17-/m1/s1. The lowest BCUT2D eigenvalue weighted by atomic mass is 10.0. The van der Waals surface area contributed by atoms with Crippen LogP contribution < -0.4 is 4.74 Å². The van der Waals surface area contributed by atoms with Crippen molar-refractivity contribution in [1.82, 2.24) is 4.90 Å². The summed E-state index contributed by atoms with van der Waals surface area (Å²) in [5, 5.41) is 0. The highest BCUT2D eigenvalue weighted by Crippen LogP contribution is 2.29. The van der Waals surface area contributed by atoms with Crippen LogP contribution in [0.2, 0.25) is 0 Å². The number of methoxy groups -OCH3 is 1. The fourth-order valence-corrected chi connectivity index (χ4v) is 3.99. The molecule has 2 aromatic carbocycles. The summed E-state index contributed by atoms with van der Waals surface area (Å²) < 4.78 is 24.9. The summed E-state index contributed by atoms with van der Waals surface area (Å²) in [4.78, 5) is 26.3. The molecule has 0 aromatic heterocycles. The van der Waals surface area contributed by atoms with Gasteiger partial charge in [-0.3, -0.25) is 14.5 Å². The molecule has 0 bridgehead atoms. The third kappa shape index (κ3) is 3.52. The summed E-state index contributed by atoms with van der Waals surface area (Å²) in [6.45, 7) is 0.270. The molecule has 1 fully saturated rings. The zero-order valence-corrected chi connectivity index (χ0v) is 15.7. The van der Waals surface area contributed by atoms with Crippen LogP contribution in [0.4, 0.5) is 4.39 Å². The Morgan fingerprint density at radius 1 is 1.07 bits per heavy atom. The van der Waals surface area contributed by atoms with Gasteiger partial charge in [-0.05, 0) is 61.6 Å². The second-order valence-corrected chi connectivity index (χ2v) is 7.22. The zero-order valence-electron chi connectivity index (χ0n) is 15.7. The predicted molar refractivity (Wildman–Crippen MR) is 101 cm³/mol. The number of rotatable bonds is 6. The van der Waals surface area contributed by atoms with E-state index in [9.17, 15) is 14.0 Å². The van der Waals surface area contributed by atoms with E-state index in [-0.39, 0.29) is 36.4 Å². The van der Waals surface area contributed by atoms with E-state index < -0.39 is 0 Å². The molecule has 2 aliphatic heterocycles. The van der Waals surface area contributed by atoms with Crippen LogP contribution in [0.3, 0.4) is 0 Å². The van der Waals surface area contributed by atoms with Gasteiger partial charge < -0.3 is 9.47 Å². The minimum absolute atomic E-state index is 0.0214. The third-order valence-corrected chi connectivity index (χ3v) is 5.44. The number of aryl methyl sites for hydroxylation is 1. The molecule has 0 saturated carbocycles. The van der Waals surface area contributed by atoms with Crippen LogP contribution in [-0.4, -0.2) is 42.6 Å². The van der Waals surface area contributed by atoms with E-state index >= 15 is 0 Å². The first kappa shape index (κ1) is 18.6. The topological polar surface area (TPSA) is 55.8 Å². The summed E-state index contributed by atoms with van der Waals surface area (Å²) in [5.74, 6) is -0.122. The largest absolute Gasteiger partial charge is 0.496 e. The number of carbonyl (C=O) groups excluding carboxylic acids is 2. The molecular weight excluding hydrogens is 361 g/mol. The Hall–Kier alpha value is -2.73. The van der Waals surface area contributed by atoms with Gasteiger partial charge in [-0.25, -0.2) is 4.39 Å². The average molecular weight is 383 g/mol. The van der Waals surface area contributed by atoms with E-state index in [1.54, 1.807) is 37.4 Å². The van der Waals surface area contributed by atoms with E-state index in [1.807, 2.05) is 0 Å². The number of benzene rings is 2. The number of carbonyl (C=O) groups is 2. The van der Waals surface area contributed by atoms with Crippen LogP contribution >= 0.6 is 0 Å². The molecule has 2 amide bonds. The minimum Gasteiger partial charge on any atom is -0.496 e. The Labute approximate surface area is 163 Å². The molecule has 2 heterocycles. The molecule has 0 unspecified atom stereocenters. The molecule has 5 nitrogen and oxygen atoms in total. The molecule has 6 heteroatoms. The number of nitrogens with zero attached hydrogens (tertiary/aromatic N) is 1. The van der Waals surface area contributed by atoms with Crippen LogP contribution in [0.25, 0.3) is 0 Å². The van der Waals surface area contributed by atoms with Crippen LogP contribution in [0.1, 0.15) is 45.5 Å². The van der Waals surface area contributed by atoms with Gasteiger partial charge in [-0.15, -0.1) is 0 Å². The number of fused-ring (bicyclic) bond motifs is 1. The van der Waals surface area contributed by atoms with Gasteiger partial charge in [0.15, 0.2) is 0 Å². The zero-order chi connectivity index (χ0) is 19.7. The number of hydrogen-bond acceptors (Lipinski definition) is 4. The fraction of sp³-hybridized carbons (Fsp3) is 0.364. The lowest BCUT2D eigenvalue weighted by Crippen LogP contribution is -2.37. The van der Waals surface area contributed by atoms with Crippen molar-refractivity contribution in [2.45, 2.75) is 37.9 Å². The van der Waals surface area contributed by atoms with Gasteiger partial charge >= 0.3 is 0 Å². The molecule has 0 radical (unpaired) electrons. The highest BCUT2D eigenvalue weighted by molar-refractivity contribution is 6.21. The summed E-state index contributed by atoms with van der Waals surface area (Å²) in [6.07, 6.45) is 2.88. The van der Waals surface area contributed by atoms with Crippen molar-refractivity contribution in [3.8, 4) is 5.75 Å². The number of amides is 2. The van der Waals surface area contributed by atoms with Gasteiger partial charge in [0.2, 0.25) is 0 Å². The Morgan fingerprint density at radius 2 is 1.75 bits per heavy atom. The first-order valence-electron chi connectivity index (χ1n) is 9.50. The van der Waals surface area contributed by atoms with Crippen molar-refractivity contribution in [3.63, 3.8) is 0 Å². The highest BCUT2D eigenvalue weighted by Gasteiger charge is 2.38. The Balaban J connectivity index is 1.34. The van der Waals surface area contributed by atoms with Gasteiger partial charge in [0.1, 0.15) is 11.6 Å². The molecule has 2 aromatic rings. The SMILES string of the molecule is COc1ccc(F)cc1CC[C@@H]1CC[C@H](CN2C(=O)c3ccccc3C2=O)O1. The second kappa shape index (κ2) is 7.72. The average Bonchev–Trinajstić information content (AvgIpc) is 3.25. The maximum atomic E-state index is 13.5. The van der Waals surface area contributed by atoms with Crippen molar-refractivity contribution >= 4 is 11.8 Å². The molecular formula is C22H22FNO4. The smallest absolute Gasteiger partial charge is 0.261 e. The van der Waals surface area contributed by atoms with E-state index in [0.29, 0.717) is 23.3 Å². The summed E-state index contributed by atoms with van der Waals surface area (Å²) >= 11 is 0. The Kier molecular flexibility index (Phi) is 5.13. The number of hydrogen-bond donors (Lipinski definition) is 0. The monoisotopic (exact) mass is 383 g/mol. The van der Waals surface area contributed by atoms with Crippen molar-refractivity contribution in [2.24, 2.45) is 0 Å². The predicted octanol–water partition coefficient (Wildman–Crippen LogP) is 3.61. The normalized spacial score (nSPS) is 21.3. The second-order valence-electron chi connectivity index (χ2n) is 7.22. The first-order valence-corrected chi connectivity index (χ1v) is 9.50. The summed E-state index contributed by atoms with van der Waals surface area (Å²) in [7, 11) is 1.57. The van der Waals surface area contributed by atoms with Crippen molar-refractivity contribution in [2.75, 3.05) is 13.7 Å². The van der Waals surface area contributed by atoms with Crippen LogP contribution in [-0.2, 0) is 11.2 Å². The molecule has 2 aliphatic rings. The molecule has 28 heavy (non-hydrogen) atoms. The van der Waals surface area contributed by atoms with Crippen LogP contribution in [0.15, 0.2) is 42.5 Å². The summed E-state index contributed by atoms with van der Waals surface area (Å²) in [6, 6.07) is 11.4. The Bertz CT molecular complexity index is 878. The van der Waals surface area contributed by atoms with Gasteiger partial charge in [-0.2, -0.15) is 0 Å². The lowest BCUT2D eigenvalue weighted by Gasteiger charge is -2.20. The molecule has 0 N–H and O–H groups in total. The Morgan fingerprint density at radius 3 is 2.43 bits per heavy atom. The maximum absolute atomic E-state index is 13.5. The van der Waals surface area contributed by atoms with Gasteiger partial charge in [0, 0.05) is 0 Å². The molecule has 0 aliphatic carbocycles. The fourth-order valence-electron chi connectivity index (χ4n) is 3.99.